The first-order chi connectivity index (χ1) is 8.56. The maximum absolute atomic E-state index is 13.7. The van der Waals surface area contributed by atoms with Crippen molar-refractivity contribution >= 4 is 5.69 Å². The van der Waals surface area contributed by atoms with Crippen LogP contribution in [-0.4, -0.2) is 14.5 Å². The van der Waals surface area contributed by atoms with Crippen molar-refractivity contribution in [3.05, 3.63) is 52.1 Å². The molecule has 8 heteroatoms. The number of nitro benzene ring substituents is 1. The molecule has 1 aromatic carbocycles. The molecular formula is C10H4F2N4O2. The Bertz CT molecular complexity index is 675. The van der Waals surface area contributed by atoms with Crippen molar-refractivity contribution in [2.75, 3.05) is 0 Å². The molecule has 0 aliphatic carbocycles. The Morgan fingerprint density at radius 2 is 2.17 bits per heavy atom. The van der Waals surface area contributed by atoms with E-state index in [1.165, 1.54) is 0 Å². The number of imidazole rings is 1. The summed E-state index contributed by atoms with van der Waals surface area (Å²) in [5.74, 6) is -2.92. The molecule has 6 nitrogen and oxygen atoms in total. The average Bonchev–Trinajstić information content (AvgIpc) is 2.79. The van der Waals surface area contributed by atoms with E-state index in [0.717, 1.165) is 23.0 Å². The van der Waals surface area contributed by atoms with Crippen molar-refractivity contribution in [3.63, 3.8) is 0 Å². The van der Waals surface area contributed by atoms with Crippen molar-refractivity contribution in [1.29, 1.82) is 5.26 Å². The highest BCUT2D eigenvalue weighted by Crippen LogP contribution is 2.28. The SMILES string of the molecule is N#Cc1nccn1-c1c([N+](=O)[O-])ccc(F)c1F. The lowest BCUT2D eigenvalue weighted by molar-refractivity contribution is -0.384. The number of nitrogens with zero attached hydrogens (tertiary/aromatic N) is 4. The lowest BCUT2D eigenvalue weighted by atomic mass is 10.2. The second kappa shape index (κ2) is 4.21. The van der Waals surface area contributed by atoms with Crippen molar-refractivity contribution in [3.8, 4) is 11.8 Å². The van der Waals surface area contributed by atoms with Gasteiger partial charge in [-0.05, 0) is 6.07 Å². The molecule has 18 heavy (non-hydrogen) atoms. The molecule has 2 aromatic rings. The molecule has 0 atom stereocenters. The van der Waals surface area contributed by atoms with Crippen LogP contribution in [0.3, 0.4) is 0 Å². The predicted molar refractivity (Wildman–Crippen MR) is 54.8 cm³/mol. The van der Waals surface area contributed by atoms with E-state index in [1.807, 2.05) is 0 Å². The molecule has 90 valence electrons. The molecule has 1 aromatic heterocycles. The molecule has 2 rings (SSSR count). The van der Waals surface area contributed by atoms with Gasteiger partial charge in [0.1, 0.15) is 6.07 Å². The highest BCUT2D eigenvalue weighted by Gasteiger charge is 2.24. The van der Waals surface area contributed by atoms with E-state index in [4.69, 9.17) is 5.26 Å². The predicted octanol–water partition coefficient (Wildman–Crippen LogP) is 1.93. The van der Waals surface area contributed by atoms with E-state index in [2.05, 4.69) is 4.98 Å². The van der Waals surface area contributed by atoms with Crippen LogP contribution < -0.4 is 0 Å². The summed E-state index contributed by atoms with van der Waals surface area (Å²) in [5.41, 5.74) is -1.29. The lowest BCUT2D eigenvalue weighted by Gasteiger charge is -2.06. The van der Waals surface area contributed by atoms with Gasteiger partial charge in [-0.25, -0.2) is 13.8 Å². The summed E-state index contributed by atoms with van der Waals surface area (Å²) in [7, 11) is 0. The summed E-state index contributed by atoms with van der Waals surface area (Å²) in [6.45, 7) is 0. The van der Waals surface area contributed by atoms with Gasteiger partial charge >= 0.3 is 0 Å². The fourth-order valence-electron chi connectivity index (χ4n) is 1.47. The molecule has 0 bridgehead atoms. The first kappa shape index (κ1) is 11.7. The first-order valence-corrected chi connectivity index (χ1v) is 4.62. The largest absolute Gasteiger partial charge is 0.296 e. The molecule has 0 amide bonds. The van der Waals surface area contributed by atoms with Crippen LogP contribution in [0.1, 0.15) is 5.82 Å². The van der Waals surface area contributed by atoms with Crippen LogP contribution in [0, 0.1) is 33.1 Å². The minimum Gasteiger partial charge on any atom is -0.283 e. The molecule has 0 N–H and O–H groups in total. The molecular weight excluding hydrogens is 246 g/mol. The number of nitriles is 1. The summed E-state index contributed by atoms with van der Waals surface area (Å²) >= 11 is 0. The number of rotatable bonds is 2. The fraction of sp³-hybridized carbons (Fsp3) is 0. The third-order valence-corrected chi connectivity index (χ3v) is 2.23. The molecule has 0 unspecified atom stereocenters. The molecule has 1 heterocycles. The van der Waals surface area contributed by atoms with Crippen LogP contribution in [0.25, 0.3) is 5.69 Å². The van der Waals surface area contributed by atoms with E-state index < -0.39 is 27.9 Å². The second-order valence-electron chi connectivity index (χ2n) is 3.22. The molecule has 0 aliphatic rings. The van der Waals surface area contributed by atoms with Crippen molar-refractivity contribution in [1.82, 2.24) is 9.55 Å². The van der Waals surface area contributed by atoms with Gasteiger partial charge in [-0.3, -0.25) is 14.7 Å². The molecule has 0 saturated carbocycles. The zero-order chi connectivity index (χ0) is 13.3. The summed E-state index contributed by atoms with van der Waals surface area (Å²) in [5, 5.41) is 19.5. The van der Waals surface area contributed by atoms with E-state index in [-0.39, 0.29) is 5.82 Å². The van der Waals surface area contributed by atoms with E-state index in [1.54, 1.807) is 6.07 Å². The highest BCUT2D eigenvalue weighted by molar-refractivity contribution is 5.55. The molecule has 0 saturated heterocycles. The van der Waals surface area contributed by atoms with E-state index in [9.17, 15) is 18.9 Å². The number of hydrogen-bond acceptors (Lipinski definition) is 4. The van der Waals surface area contributed by atoms with Gasteiger partial charge in [0, 0.05) is 18.5 Å². The molecule has 0 radical (unpaired) electrons. The maximum atomic E-state index is 13.7. The minimum absolute atomic E-state index is 0.275. The maximum Gasteiger partial charge on any atom is 0.296 e. The minimum atomic E-state index is -1.40. The van der Waals surface area contributed by atoms with Crippen molar-refractivity contribution in [2.45, 2.75) is 0 Å². The number of aromatic nitrogens is 2. The summed E-state index contributed by atoms with van der Waals surface area (Å²) in [4.78, 5) is 13.5. The van der Waals surface area contributed by atoms with Crippen molar-refractivity contribution in [2.24, 2.45) is 0 Å². The number of halogens is 2. The third kappa shape index (κ3) is 1.67. The Kier molecular flexibility index (Phi) is 2.73. The van der Waals surface area contributed by atoms with Gasteiger partial charge in [-0.15, -0.1) is 0 Å². The van der Waals surface area contributed by atoms with Gasteiger partial charge in [-0.1, -0.05) is 0 Å². The summed E-state index contributed by atoms with van der Waals surface area (Å²) < 4.78 is 27.6. The van der Waals surface area contributed by atoms with Crippen LogP contribution in [0.2, 0.25) is 0 Å². The normalized spacial score (nSPS) is 10.1. The summed E-state index contributed by atoms with van der Waals surface area (Å²) in [6, 6.07) is 3.11. The van der Waals surface area contributed by atoms with Gasteiger partial charge in [0.2, 0.25) is 5.82 Å². The van der Waals surface area contributed by atoms with Crippen LogP contribution in [0.15, 0.2) is 24.5 Å². The average molecular weight is 250 g/mol. The Morgan fingerprint density at radius 1 is 1.44 bits per heavy atom. The quantitative estimate of drug-likeness (QED) is 0.602. The Labute approximate surface area is 98.9 Å². The molecule has 0 spiro atoms. The van der Waals surface area contributed by atoms with Gasteiger partial charge < -0.3 is 0 Å². The Morgan fingerprint density at radius 3 is 2.78 bits per heavy atom. The fourth-order valence-corrected chi connectivity index (χ4v) is 1.47. The topological polar surface area (TPSA) is 84.8 Å². The number of nitro groups is 1. The summed E-state index contributed by atoms with van der Waals surface area (Å²) in [6.07, 6.45) is 2.30. The number of hydrogen-bond donors (Lipinski definition) is 0. The van der Waals surface area contributed by atoms with E-state index >= 15 is 0 Å². The van der Waals surface area contributed by atoms with Crippen LogP contribution >= 0.6 is 0 Å². The standard InChI is InChI=1S/C10H4F2N4O2/c11-6-1-2-7(16(17)18)10(9(6)12)15-4-3-14-8(15)5-13/h1-4H. The van der Waals surface area contributed by atoms with Gasteiger partial charge in [0.15, 0.2) is 17.3 Å². The monoisotopic (exact) mass is 250 g/mol. The second-order valence-corrected chi connectivity index (χ2v) is 3.22. The zero-order valence-corrected chi connectivity index (χ0v) is 8.67. The van der Waals surface area contributed by atoms with Gasteiger partial charge in [0.05, 0.1) is 4.92 Å². The van der Waals surface area contributed by atoms with Gasteiger partial charge in [0.25, 0.3) is 5.69 Å². The smallest absolute Gasteiger partial charge is 0.283 e. The number of benzene rings is 1. The Balaban J connectivity index is 2.81. The first-order valence-electron chi connectivity index (χ1n) is 4.62. The highest BCUT2D eigenvalue weighted by atomic mass is 19.2. The van der Waals surface area contributed by atoms with E-state index in [0.29, 0.717) is 6.07 Å². The Hall–Kier alpha value is -2.82. The van der Waals surface area contributed by atoms with Crippen LogP contribution in [0.4, 0.5) is 14.5 Å². The lowest BCUT2D eigenvalue weighted by Crippen LogP contribution is -2.06. The van der Waals surface area contributed by atoms with Crippen LogP contribution in [0.5, 0.6) is 0 Å². The molecule has 0 aliphatic heterocycles. The van der Waals surface area contributed by atoms with Crippen molar-refractivity contribution < 1.29 is 13.7 Å². The molecule has 0 fully saturated rings. The van der Waals surface area contributed by atoms with Crippen LogP contribution in [-0.2, 0) is 0 Å². The van der Waals surface area contributed by atoms with Gasteiger partial charge in [-0.2, -0.15) is 5.26 Å². The third-order valence-electron chi connectivity index (χ3n) is 2.23. The zero-order valence-electron chi connectivity index (χ0n) is 8.67.